The molecule has 0 aliphatic carbocycles. The maximum atomic E-state index is 13.7. The molecule has 0 heterocycles. The summed E-state index contributed by atoms with van der Waals surface area (Å²) in [6, 6.07) is 3.94. The highest BCUT2D eigenvalue weighted by atomic mass is 19.1. The summed E-state index contributed by atoms with van der Waals surface area (Å²) in [5, 5.41) is 8.81. The molecule has 0 saturated carbocycles. The molecule has 4 heteroatoms. The largest absolute Gasteiger partial charge is 0.493 e. The lowest BCUT2D eigenvalue weighted by atomic mass is 9.98. The number of aliphatic hydroxyl groups excluding tert-OH is 1. The SMILES string of the molecule is COc1c(F)cccc1C(C)(F)CO. The van der Waals surface area contributed by atoms with Gasteiger partial charge in [-0.3, -0.25) is 0 Å². The minimum atomic E-state index is -1.99. The highest BCUT2D eigenvalue weighted by Gasteiger charge is 2.29. The second-order valence-corrected chi connectivity index (χ2v) is 3.18. The molecule has 2 nitrogen and oxygen atoms in total. The summed E-state index contributed by atoms with van der Waals surface area (Å²) < 4.78 is 31.6. The molecule has 1 atom stereocenters. The van der Waals surface area contributed by atoms with Crippen molar-refractivity contribution in [3.05, 3.63) is 29.6 Å². The molecule has 1 N–H and O–H groups in total. The van der Waals surface area contributed by atoms with Crippen LogP contribution >= 0.6 is 0 Å². The molecule has 0 aliphatic heterocycles. The van der Waals surface area contributed by atoms with Crippen LogP contribution in [0.15, 0.2) is 18.2 Å². The first-order valence-electron chi connectivity index (χ1n) is 4.15. The molecule has 0 saturated heterocycles. The fourth-order valence-corrected chi connectivity index (χ4v) is 1.21. The second kappa shape index (κ2) is 3.92. The number of methoxy groups -OCH3 is 1. The summed E-state index contributed by atoms with van der Waals surface area (Å²) in [5.74, 6) is -0.797. The van der Waals surface area contributed by atoms with Crippen molar-refractivity contribution in [1.29, 1.82) is 0 Å². The molecule has 1 unspecified atom stereocenters. The van der Waals surface area contributed by atoms with Gasteiger partial charge >= 0.3 is 0 Å². The van der Waals surface area contributed by atoms with Crippen LogP contribution in [0, 0.1) is 5.82 Å². The van der Waals surface area contributed by atoms with Crippen molar-refractivity contribution in [2.75, 3.05) is 13.7 Å². The molecular weight excluding hydrogens is 190 g/mol. The minimum Gasteiger partial charge on any atom is -0.493 e. The van der Waals surface area contributed by atoms with E-state index in [4.69, 9.17) is 9.84 Å². The van der Waals surface area contributed by atoms with Gasteiger partial charge < -0.3 is 9.84 Å². The van der Waals surface area contributed by atoms with Gasteiger partial charge in [0.2, 0.25) is 0 Å². The van der Waals surface area contributed by atoms with Gasteiger partial charge in [0.25, 0.3) is 0 Å². The van der Waals surface area contributed by atoms with Gasteiger partial charge in [-0.25, -0.2) is 8.78 Å². The Bertz CT molecular complexity index is 324. The zero-order valence-corrected chi connectivity index (χ0v) is 8.05. The Hall–Kier alpha value is -1.16. The summed E-state index contributed by atoms with van der Waals surface area (Å²) in [6.45, 7) is 0.455. The molecule has 0 amide bonds. The molecule has 14 heavy (non-hydrogen) atoms. The van der Waals surface area contributed by atoms with Gasteiger partial charge in [0.05, 0.1) is 13.7 Å². The molecule has 0 radical (unpaired) electrons. The van der Waals surface area contributed by atoms with E-state index in [1.807, 2.05) is 0 Å². The Labute approximate surface area is 81.1 Å². The third-order valence-electron chi connectivity index (χ3n) is 2.03. The number of benzene rings is 1. The van der Waals surface area contributed by atoms with Crippen molar-refractivity contribution in [1.82, 2.24) is 0 Å². The molecule has 1 rings (SSSR count). The maximum Gasteiger partial charge on any atom is 0.165 e. The number of rotatable bonds is 3. The van der Waals surface area contributed by atoms with E-state index in [0.29, 0.717) is 0 Å². The number of hydrogen-bond acceptors (Lipinski definition) is 2. The van der Waals surface area contributed by atoms with Gasteiger partial charge in [-0.05, 0) is 13.0 Å². The molecule has 0 spiro atoms. The third kappa shape index (κ3) is 1.85. The first kappa shape index (κ1) is 10.9. The highest BCUT2D eigenvalue weighted by molar-refractivity contribution is 5.39. The van der Waals surface area contributed by atoms with Gasteiger partial charge in [0.1, 0.15) is 0 Å². The highest BCUT2D eigenvalue weighted by Crippen LogP contribution is 2.34. The smallest absolute Gasteiger partial charge is 0.165 e. The van der Waals surface area contributed by atoms with Crippen LogP contribution in [0.3, 0.4) is 0 Å². The van der Waals surface area contributed by atoms with Crippen molar-refractivity contribution in [3.63, 3.8) is 0 Å². The monoisotopic (exact) mass is 202 g/mol. The van der Waals surface area contributed by atoms with E-state index in [1.54, 1.807) is 0 Å². The lowest BCUT2D eigenvalue weighted by molar-refractivity contribution is 0.0835. The lowest BCUT2D eigenvalue weighted by Gasteiger charge is -2.20. The van der Waals surface area contributed by atoms with Crippen LogP contribution < -0.4 is 4.74 Å². The fourth-order valence-electron chi connectivity index (χ4n) is 1.21. The molecule has 0 aliphatic rings. The lowest BCUT2D eigenvalue weighted by Crippen LogP contribution is -2.21. The van der Waals surface area contributed by atoms with Crippen LogP contribution in [-0.4, -0.2) is 18.8 Å². The van der Waals surface area contributed by atoms with E-state index in [1.165, 1.54) is 32.2 Å². The Kier molecular flexibility index (Phi) is 3.06. The Morgan fingerprint density at radius 3 is 2.64 bits per heavy atom. The first-order chi connectivity index (χ1) is 6.53. The molecule has 0 bridgehead atoms. The van der Waals surface area contributed by atoms with Crippen LogP contribution in [0.4, 0.5) is 8.78 Å². The summed E-state index contributed by atoms with van der Waals surface area (Å²) in [5.41, 5.74) is -1.98. The van der Waals surface area contributed by atoms with Gasteiger partial charge in [-0.1, -0.05) is 12.1 Å². The van der Waals surface area contributed by atoms with Crippen molar-refractivity contribution >= 4 is 0 Å². The number of halogens is 2. The van der Waals surface area contributed by atoms with Crippen LogP contribution in [0.25, 0.3) is 0 Å². The van der Waals surface area contributed by atoms with E-state index in [2.05, 4.69) is 0 Å². The van der Waals surface area contributed by atoms with Crippen LogP contribution in [-0.2, 0) is 5.67 Å². The molecule has 0 aromatic heterocycles. The average molecular weight is 202 g/mol. The quantitative estimate of drug-likeness (QED) is 0.812. The summed E-state index contributed by atoms with van der Waals surface area (Å²) in [4.78, 5) is 0. The van der Waals surface area contributed by atoms with E-state index in [-0.39, 0.29) is 11.3 Å². The van der Waals surface area contributed by atoms with Crippen LogP contribution in [0.2, 0.25) is 0 Å². The zero-order chi connectivity index (χ0) is 10.8. The van der Waals surface area contributed by atoms with E-state index >= 15 is 0 Å². The van der Waals surface area contributed by atoms with Gasteiger partial charge in [-0.2, -0.15) is 0 Å². The van der Waals surface area contributed by atoms with Crippen LogP contribution in [0.5, 0.6) is 5.75 Å². The molecule has 78 valence electrons. The van der Waals surface area contributed by atoms with Crippen LogP contribution in [0.1, 0.15) is 12.5 Å². The molecular formula is C10H12F2O2. The molecule has 1 aromatic carbocycles. The topological polar surface area (TPSA) is 29.5 Å². The normalized spacial score (nSPS) is 14.9. The van der Waals surface area contributed by atoms with E-state index < -0.39 is 18.1 Å². The van der Waals surface area contributed by atoms with Gasteiger partial charge in [-0.15, -0.1) is 0 Å². The predicted molar refractivity (Wildman–Crippen MR) is 48.5 cm³/mol. The average Bonchev–Trinajstić information content (AvgIpc) is 2.17. The standard InChI is InChI=1S/C10H12F2O2/c1-10(12,6-13)7-4-3-5-8(11)9(7)14-2/h3-5,13H,6H2,1-2H3. The van der Waals surface area contributed by atoms with Crippen molar-refractivity contribution < 1.29 is 18.6 Å². The van der Waals surface area contributed by atoms with Crippen molar-refractivity contribution in [3.8, 4) is 5.75 Å². The third-order valence-corrected chi connectivity index (χ3v) is 2.03. The Morgan fingerprint density at radius 1 is 1.50 bits per heavy atom. The summed E-state index contributed by atoms with van der Waals surface area (Å²) >= 11 is 0. The van der Waals surface area contributed by atoms with Crippen molar-refractivity contribution in [2.24, 2.45) is 0 Å². The van der Waals surface area contributed by atoms with E-state index in [0.717, 1.165) is 0 Å². The number of ether oxygens (including phenoxy) is 1. The first-order valence-corrected chi connectivity index (χ1v) is 4.15. The van der Waals surface area contributed by atoms with E-state index in [9.17, 15) is 8.78 Å². The van der Waals surface area contributed by atoms with Gasteiger partial charge in [0, 0.05) is 5.56 Å². The number of alkyl halides is 1. The maximum absolute atomic E-state index is 13.7. The summed E-state index contributed by atoms with van der Waals surface area (Å²) in [7, 11) is 1.26. The summed E-state index contributed by atoms with van der Waals surface area (Å²) in [6.07, 6.45) is 0. The Morgan fingerprint density at radius 2 is 2.14 bits per heavy atom. The zero-order valence-electron chi connectivity index (χ0n) is 8.05. The second-order valence-electron chi connectivity index (χ2n) is 3.18. The fraction of sp³-hybridized carbons (Fsp3) is 0.400. The number of aliphatic hydroxyl groups is 1. The predicted octanol–water partition coefficient (Wildman–Crippen LogP) is 2.01. The Balaban J connectivity index is 3.27. The molecule has 1 aromatic rings. The minimum absolute atomic E-state index is 0.0162. The molecule has 0 fully saturated rings. The number of hydrogen-bond donors (Lipinski definition) is 1. The van der Waals surface area contributed by atoms with Crippen molar-refractivity contribution in [2.45, 2.75) is 12.6 Å². The number of para-hydroxylation sites is 1. The van der Waals surface area contributed by atoms with Gasteiger partial charge in [0.15, 0.2) is 17.2 Å².